The summed E-state index contributed by atoms with van der Waals surface area (Å²) in [4.78, 5) is 0. The number of hydrogen-bond acceptors (Lipinski definition) is 2. The lowest BCUT2D eigenvalue weighted by Crippen LogP contribution is -2.34. The van der Waals surface area contributed by atoms with Gasteiger partial charge in [-0.3, -0.25) is 0 Å². The Labute approximate surface area is 113 Å². The van der Waals surface area contributed by atoms with Crippen LogP contribution in [0.5, 0.6) is 0 Å². The van der Waals surface area contributed by atoms with E-state index in [0.29, 0.717) is 20.5 Å². The first-order valence-electron chi connectivity index (χ1n) is 4.61. The van der Waals surface area contributed by atoms with E-state index in [9.17, 15) is 13.2 Å². The Bertz CT molecular complexity index is 351. The smallest absolute Gasteiger partial charge is 0.302 e. The van der Waals surface area contributed by atoms with Crippen LogP contribution in [0.2, 0.25) is 0 Å². The summed E-state index contributed by atoms with van der Waals surface area (Å²) in [5, 5.41) is 2.51. The molecule has 0 aliphatic heterocycles. The predicted molar refractivity (Wildman–Crippen MR) is 66.8 cm³/mol. The molecule has 1 aromatic rings. The van der Waals surface area contributed by atoms with Crippen molar-refractivity contribution < 1.29 is 13.2 Å². The van der Waals surface area contributed by atoms with Gasteiger partial charge in [0.15, 0.2) is 0 Å². The third-order valence-electron chi connectivity index (χ3n) is 1.92. The van der Waals surface area contributed by atoms with Gasteiger partial charge >= 0.3 is 6.18 Å². The molecule has 1 N–H and O–H groups in total. The molecule has 1 nitrogen and oxygen atoms in total. The summed E-state index contributed by atoms with van der Waals surface area (Å²) in [6.07, 6.45) is -3.62. The highest BCUT2D eigenvalue weighted by Crippen LogP contribution is 2.41. The van der Waals surface area contributed by atoms with Gasteiger partial charge in [-0.15, -0.1) is 11.3 Å². The van der Waals surface area contributed by atoms with Crippen LogP contribution in [-0.2, 0) is 0 Å². The van der Waals surface area contributed by atoms with Crippen LogP contribution in [0, 0.1) is 0 Å². The molecule has 0 amide bonds. The maximum atomic E-state index is 12.8. The van der Waals surface area contributed by atoms with Crippen molar-refractivity contribution in [2.75, 3.05) is 6.54 Å². The van der Waals surface area contributed by atoms with Gasteiger partial charge < -0.3 is 5.32 Å². The average molecular weight is 381 g/mol. The van der Waals surface area contributed by atoms with E-state index in [4.69, 9.17) is 0 Å². The van der Waals surface area contributed by atoms with E-state index in [1.165, 1.54) is 17.4 Å². The number of alkyl halides is 3. The molecular formula is C9H10Br2F3NS. The first kappa shape index (κ1) is 14.5. The Hall–Kier alpha value is 0.410. The molecule has 0 bridgehead atoms. The van der Waals surface area contributed by atoms with Crippen molar-refractivity contribution in [3.63, 3.8) is 0 Å². The van der Waals surface area contributed by atoms with Gasteiger partial charge in [-0.1, -0.05) is 6.92 Å². The van der Waals surface area contributed by atoms with E-state index < -0.39 is 12.2 Å². The molecule has 92 valence electrons. The van der Waals surface area contributed by atoms with Crippen LogP contribution in [0.25, 0.3) is 0 Å². The average Bonchev–Trinajstić information content (AvgIpc) is 2.44. The third kappa shape index (κ3) is 3.72. The minimum absolute atomic E-state index is 0.234. The van der Waals surface area contributed by atoms with E-state index in [2.05, 4.69) is 37.2 Å². The molecule has 0 radical (unpaired) electrons. The van der Waals surface area contributed by atoms with Crippen LogP contribution in [0.15, 0.2) is 13.6 Å². The highest BCUT2D eigenvalue weighted by molar-refractivity contribution is 9.12. The fourth-order valence-electron chi connectivity index (χ4n) is 1.24. The van der Waals surface area contributed by atoms with Crippen molar-refractivity contribution in [1.82, 2.24) is 5.32 Å². The zero-order valence-corrected chi connectivity index (χ0v) is 12.4. The highest BCUT2D eigenvalue weighted by Gasteiger charge is 2.41. The largest absolute Gasteiger partial charge is 0.407 e. The quantitative estimate of drug-likeness (QED) is 0.785. The van der Waals surface area contributed by atoms with Crippen molar-refractivity contribution in [3.05, 3.63) is 19.2 Å². The summed E-state index contributed by atoms with van der Waals surface area (Å²) < 4.78 is 39.7. The van der Waals surface area contributed by atoms with Crippen LogP contribution >= 0.6 is 43.2 Å². The third-order valence-corrected chi connectivity index (χ3v) is 4.31. The van der Waals surface area contributed by atoms with E-state index in [1.54, 1.807) is 0 Å². The number of thiophene rings is 1. The summed E-state index contributed by atoms with van der Waals surface area (Å²) in [5.74, 6) is 0. The minimum atomic E-state index is -4.28. The highest BCUT2D eigenvalue weighted by atomic mass is 79.9. The maximum Gasteiger partial charge on any atom is 0.407 e. The number of halogens is 5. The first-order valence-corrected chi connectivity index (χ1v) is 7.01. The van der Waals surface area contributed by atoms with Crippen molar-refractivity contribution >= 4 is 43.2 Å². The van der Waals surface area contributed by atoms with Gasteiger partial charge in [0.05, 0.1) is 7.57 Å². The van der Waals surface area contributed by atoms with E-state index >= 15 is 0 Å². The Morgan fingerprint density at radius 1 is 1.44 bits per heavy atom. The SMILES string of the molecule is CCCNC(c1cc(Br)sc1Br)C(F)(F)F. The molecule has 0 fully saturated rings. The van der Waals surface area contributed by atoms with Crippen molar-refractivity contribution in [2.45, 2.75) is 25.6 Å². The van der Waals surface area contributed by atoms with Crippen LogP contribution in [0.1, 0.15) is 24.9 Å². The molecule has 0 spiro atoms. The van der Waals surface area contributed by atoms with E-state index in [-0.39, 0.29) is 5.56 Å². The zero-order valence-electron chi connectivity index (χ0n) is 8.37. The Balaban J connectivity index is 2.96. The number of rotatable bonds is 4. The Morgan fingerprint density at radius 2 is 2.06 bits per heavy atom. The zero-order chi connectivity index (χ0) is 12.3. The molecule has 1 atom stereocenters. The van der Waals surface area contributed by atoms with Gasteiger partial charge in [0.1, 0.15) is 6.04 Å². The number of nitrogens with one attached hydrogen (secondary N) is 1. The second-order valence-electron chi connectivity index (χ2n) is 3.21. The minimum Gasteiger partial charge on any atom is -0.302 e. The van der Waals surface area contributed by atoms with Crippen LogP contribution < -0.4 is 5.32 Å². The standard InChI is InChI=1S/C9H10Br2F3NS/c1-2-3-15-7(9(12,13)14)5-4-6(10)16-8(5)11/h4,7,15H,2-3H2,1H3. The molecule has 16 heavy (non-hydrogen) atoms. The molecule has 1 aromatic heterocycles. The summed E-state index contributed by atoms with van der Waals surface area (Å²) in [7, 11) is 0. The molecule has 7 heteroatoms. The fraction of sp³-hybridized carbons (Fsp3) is 0.556. The molecule has 0 aliphatic rings. The predicted octanol–water partition coefficient (Wildman–Crippen LogP) is 4.88. The maximum absolute atomic E-state index is 12.8. The normalized spacial score (nSPS) is 14.1. The van der Waals surface area contributed by atoms with Crippen LogP contribution in [0.4, 0.5) is 13.2 Å². The fourth-order valence-corrected chi connectivity index (χ4v) is 4.14. The number of hydrogen-bond donors (Lipinski definition) is 1. The molecule has 1 unspecified atom stereocenters. The van der Waals surface area contributed by atoms with Crippen molar-refractivity contribution in [2.24, 2.45) is 0 Å². The molecule has 0 saturated heterocycles. The molecule has 0 saturated carbocycles. The van der Waals surface area contributed by atoms with Crippen molar-refractivity contribution in [3.8, 4) is 0 Å². The summed E-state index contributed by atoms with van der Waals surface area (Å²) in [5.41, 5.74) is 0.234. The topological polar surface area (TPSA) is 12.0 Å². The Kier molecular flexibility index (Phi) is 5.28. The van der Waals surface area contributed by atoms with Crippen LogP contribution in [0.3, 0.4) is 0 Å². The van der Waals surface area contributed by atoms with Gasteiger partial charge in [-0.25, -0.2) is 0 Å². The van der Waals surface area contributed by atoms with E-state index in [0.717, 1.165) is 0 Å². The first-order chi connectivity index (χ1) is 7.36. The van der Waals surface area contributed by atoms with Gasteiger partial charge in [0, 0.05) is 5.56 Å². The molecule has 1 heterocycles. The van der Waals surface area contributed by atoms with Gasteiger partial charge in [-0.05, 0) is 50.9 Å². The molecule has 0 aliphatic carbocycles. The van der Waals surface area contributed by atoms with Crippen LogP contribution in [-0.4, -0.2) is 12.7 Å². The lowest BCUT2D eigenvalue weighted by atomic mass is 10.1. The van der Waals surface area contributed by atoms with Gasteiger partial charge in [0.2, 0.25) is 0 Å². The summed E-state index contributed by atoms with van der Waals surface area (Å²) in [6, 6.07) is -0.111. The monoisotopic (exact) mass is 379 g/mol. The lowest BCUT2D eigenvalue weighted by Gasteiger charge is -2.21. The molecule has 1 rings (SSSR count). The lowest BCUT2D eigenvalue weighted by molar-refractivity contribution is -0.157. The van der Waals surface area contributed by atoms with Gasteiger partial charge in [-0.2, -0.15) is 13.2 Å². The van der Waals surface area contributed by atoms with Gasteiger partial charge in [0.25, 0.3) is 0 Å². The van der Waals surface area contributed by atoms with E-state index in [1.807, 2.05) is 6.92 Å². The summed E-state index contributed by atoms with van der Waals surface area (Å²) in [6.45, 7) is 2.17. The second kappa shape index (κ2) is 5.84. The molecule has 0 aromatic carbocycles. The molecular weight excluding hydrogens is 371 g/mol. The summed E-state index contributed by atoms with van der Waals surface area (Å²) >= 11 is 7.57. The Morgan fingerprint density at radius 3 is 2.44 bits per heavy atom. The van der Waals surface area contributed by atoms with Crippen molar-refractivity contribution in [1.29, 1.82) is 0 Å². The second-order valence-corrected chi connectivity index (χ2v) is 6.96.